The van der Waals surface area contributed by atoms with Gasteiger partial charge < -0.3 is 15.0 Å². The summed E-state index contributed by atoms with van der Waals surface area (Å²) in [6.07, 6.45) is 0. The summed E-state index contributed by atoms with van der Waals surface area (Å²) in [6, 6.07) is 6.19. The highest BCUT2D eigenvalue weighted by atomic mass is 79.9. The van der Waals surface area contributed by atoms with E-state index in [4.69, 9.17) is 4.74 Å². The van der Waals surface area contributed by atoms with Crippen LogP contribution in [-0.4, -0.2) is 38.7 Å². The molecule has 1 aromatic carbocycles. The van der Waals surface area contributed by atoms with Crippen LogP contribution in [0.3, 0.4) is 0 Å². The van der Waals surface area contributed by atoms with E-state index in [0.29, 0.717) is 12.5 Å². The van der Waals surface area contributed by atoms with E-state index < -0.39 is 0 Å². The fourth-order valence-corrected chi connectivity index (χ4v) is 2.20. The minimum atomic E-state index is 0.658. The van der Waals surface area contributed by atoms with Crippen molar-refractivity contribution in [2.45, 2.75) is 20.4 Å². The molecule has 0 aromatic heterocycles. The normalized spacial score (nSPS) is 11.3. The molecule has 108 valence electrons. The van der Waals surface area contributed by atoms with Crippen LogP contribution in [0.15, 0.2) is 22.7 Å². The van der Waals surface area contributed by atoms with Crippen LogP contribution in [0.4, 0.5) is 0 Å². The summed E-state index contributed by atoms with van der Waals surface area (Å²) in [7, 11) is 4.10. The highest BCUT2D eigenvalue weighted by molar-refractivity contribution is 9.10. The van der Waals surface area contributed by atoms with Gasteiger partial charge in [0, 0.05) is 18.7 Å². The highest BCUT2D eigenvalue weighted by Gasteiger charge is 2.08. The smallest absolute Gasteiger partial charge is 0.138 e. The number of nitrogens with zero attached hydrogens (tertiary/aromatic N) is 1. The van der Waals surface area contributed by atoms with E-state index in [2.05, 4.69) is 66.2 Å². The van der Waals surface area contributed by atoms with Gasteiger partial charge in [0.2, 0.25) is 0 Å². The Bertz CT molecular complexity index is 380. The summed E-state index contributed by atoms with van der Waals surface area (Å²) >= 11 is 3.57. The van der Waals surface area contributed by atoms with E-state index in [-0.39, 0.29) is 0 Å². The molecule has 4 heteroatoms. The van der Waals surface area contributed by atoms with E-state index in [9.17, 15) is 0 Å². The predicted molar refractivity (Wildman–Crippen MR) is 84.7 cm³/mol. The number of rotatable bonds is 8. The maximum absolute atomic E-state index is 5.91. The Hall–Kier alpha value is -0.580. The molecule has 0 radical (unpaired) electrons. The zero-order chi connectivity index (χ0) is 14.3. The average Bonchev–Trinajstić information content (AvgIpc) is 2.31. The first kappa shape index (κ1) is 16.5. The first-order valence-electron chi connectivity index (χ1n) is 6.76. The van der Waals surface area contributed by atoms with Crippen molar-refractivity contribution >= 4 is 15.9 Å². The minimum Gasteiger partial charge on any atom is -0.491 e. The topological polar surface area (TPSA) is 24.5 Å². The van der Waals surface area contributed by atoms with Crippen LogP contribution in [0.2, 0.25) is 0 Å². The number of ether oxygens (including phenoxy) is 1. The van der Waals surface area contributed by atoms with Crippen molar-refractivity contribution in [3.05, 3.63) is 28.2 Å². The molecule has 0 saturated carbocycles. The van der Waals surface area contributed by atoms with Gasteiger partial charge in [-0.05, 0) is 48.6 Å². The minimum absolute atomic E-state index is 0.658. The number of hydrogen-bond donors (Lipinski definition) is 1. The van der Waals surface area contributed by atoms with Crippen molar-refractivity contribution in [2.75, 3.05) is 33.8 Å². The second-order valence-corrected chi connectivity index (χ2v) is 6.26. The van der Waals surface area contributed by atoms with Gasteiger partial charge in [-0.1, -0.05) is 26.0 Å². The SMILES string of the molecule is CC(C)CNCc1cccc(Br)c1OCCN(C)C. The largest absolute Gasteiger partial charge is 0.491 e. The molecule has 0 spiro atoms. The summed E-state index contributed by atoms with van der Waals surface area (Å²) in [5.74, 6) is 1.62. The van der Waals surface area contributed by atoms with Crippen molar-refractivity contribution < 1.29 is 4.74 Å². The fourth-order valence-electron chi connectivity index (χ4n) is 1.68. The molecule has 0 aliphatic rings. The van der Waals surface area contributed by atoms with Crippen LogP contribution in [0, 0.1) is 5.92 Å². The molecule has 0 amide bonds. The zero-order valence-electron chi connectivity index (χ0n) is 12.4. The Morgan fingerprint density at radius 2 is 2.05 bits per heavy atom. The molecule has 0 heterocycles. The molecule has 0 fully saturated rings. The number of nitrogens with one attached hydrogen (secondary N) is 1. The summed E-state index contributed by atoms with van der Waals surface area (Å²) in [5, 5.41) is 3.46. The van der Waals surface area contributed by atoms with Gasteiger partial charge in [-0.3, -0.25) is 0 Å². The van der Waals surface area contributed by atoms with Crippen LogP contribution < -0.4 is 10.1 Å². The average molecular weight is 329 g/mol. The van der Waals surface area contributed by atoms with Crippen LogP contribution in [0.25, 0.3) is 0 Å². The molecule has 0 aliphatic carbocycles. The zero-order valence-corrected chi connectivity index (χ0v) is 14.0. The van der Waals surface area contributed by atoms with Crippen molar-refractivity contribution in [1.82, 2.24) is 10.2 Å². The van der Waals surface area contributed by atoms with Gasteiger partial charge in [0.1, 0.15) is 12.4 Å². The van der Waals surface area contributed by atoms with E-state index in [0.717, 1.165) is 29.9 Å². The van der Waals surface area contributed by atoms with Crippen molar-refractivity contribution in [3.63, 3.8) is 0 Å². The van der Waals surface area contributed by atoms with Crippen LogP contribution in [0.1, 0.15) is 19.4 Å². The summed E-state index contributed by atoms with van der Waals surface area (Å²) in [4.78, 5) is 2.12. The summed E-state index contributed by atoms with van der Waals surface area (Å²) < 4.78 is 6.93. The molecular weight excluding hydrogens is 304 g/mol. The molecule has 1 rings (SSSR count). The molecule has 1 N–H and O–H groups in total. The Morgan fingerprint density at radius 3 is 2.68 bits per heavy atom. The lowest BCUT2D eigenvalue weighted by molar-refractivity contribution is 0.258. The van der Waals surface area contributed by atoms with Crippen LogP contribution >= 0.6 is 15.9 Å². The third-order valence-electron chi connectivity index (χ3n) is 2.70. The first-order valence-corrected chi connectivity index (χ1v) is 7.55. The van der Waals surface area contributed by atoms with Gasteiger partial charge in [0.25, 0.3) is 0 Å². The van der Waals surface area contributed by atoms with Gasteiger partial charge in [-0.15, -0.1) is 0 Å². The van der Waals surface area contributed by atoms with E-state index in [1.165, 1.54) is 5.56 Å². The molecule has 0 atom stereocenters. The van der Waals surface area contributed by atoms with Crippen LogP contribution in [-0.2, 0) is 6.54 Å². The molecule has 0 saturated heterocycles. The number of benzene rings is 1. The number of likely N-dealkylation sites (N-methyl/N-ethyl adjacent to an activating group) is 1. The Kier molecular flexibility index (Phi) is 7.42. The van der Waals surface area contributed by atoms with E-state index in [1.807, 2.05) is 6.07 Å². The van der Waals surface area contributed by atoms with E-state index in [1.54, 1.807) is 0 Å². The maximum atomic E-state index is 5.91. The van der Waals surface area contributed by atoms with Crippen molar-refractivity contribution in [2.24, 2.45) is 5.92 Å². The maximum Gasteiger partial charge on any atom is 0.138 e. The molecule has 0 unspecified atom stereocenters. The number of halogens is 1. The highest BCUT2D eigenvalue weighted by Crippen LogP contribution is 2.29. The summed E-state index contributed by atoms with van der Waals surface area (Å²) in [5.41, 5.74) is 1.20. The third kappa shape index (κ3) is 6.41. The lowest BCUT2D eigenvalue weighted by Crippen LogP contribution is -2.21. The number of para-hydroxylation sites is 1. The van der Waals surface area contributed by atoms with Crippen molar-refractivity contribution in [3.8, 4) is 5.75 Å². The predicted octanol–water partition coefficient (Wildman–Crippen LogP) is 3.14. The van der Waals surface area contributed by atoms with Gasteiger partial charge in [0.05, 0.1) is 4.47 Å². The monoisotopic (exact) mass is 328 g/mol. The number of hydrogen-bond acceptors (Lipinski definition) is 3. The van der Waals surface area contributed by atoms with Gasteiger partial charge in [-0.2, -0.15) is 0 Å². The lowest BCUT2D eigenvalue weighted by atomic mass is 10.2. The molecule has 0 aliphatic heterocycles. The summed E-state index contributed by atoms with van der Waals surface area (Å²) in [6.45, 7) is 7.90. The molecular formula is C15H25BrN2O. The molecule has 0 bridgehead atoms. The Morgan fingerprint density at radius 1 is 1.32 bits per heavy atom. The third-order valence-corrected chi connectivity index (χ3v) is 3.33. The van der Waals surface area contributed by atoms with Gasteiger partial charge in [-0.25, -0.2) is 0 Å². The fraction of sp³-hybridized carbons (Fsp3) is 0.600. The van der Waals surface area contributed by atoms with Gasteiger partial charge >= 0.3 is 0 Å². The van der Waals surface area contributed by atoms with Crippen LogP contribution in [0.5, 0.6) is 5.75 Å². The first-order chi connectivity index (χ1) is 9.00. The standard InChI is InChI=1S/C15H25BrN2O/c1-12(2)10-17-11-13-6-5-7-14(16)15(13)19-9-8-18(3)4/h5-7,12,17H,8-11H2,1-4H3. The molecule has 3 nitrogen and oxygen atoms in total. The van der Waals surface area contributed by atoms with E-state index >= 15 is 0 Å². The second kappa shape index (κ2) is 8.56. The Labute approximate surface area is 125 Å². The quantitative estimate of drug-likeness (QED) is 0.793. The van der Waals surface area contributed by atoms with Gasteiger partial charge in [0.15, 0.2) is 0 Å². The molecule has 19 heavy (non-hydrogen) atoms. The Balaban J connectivity index is 2.61. The molecule has 1 aromatic rings. The second-order valence-electron chi connectivity index (χ2n) is 5.40. The lowest BCUT2D eigenvalue weighted by Gasteiger charge is -2.16. The van der Waals surface area contributed by atoms with Crippen molar-refractivity contribution in [1.29, 1.82) is 0 Å².